The summed E-state index contributed by atoms with van der Waals surface area (Å²) in [5.74, 6) is -0.769. The molecule has 2 N–H and O–H groups in total. The van der Waals surface area contributed by atoms with Crippen molar-refractivity contribution in [3.8, 4) is 0 Å². The van der Waals surface area contributed by atoms with Crippen molar-refractivity contribution < 1.29 is 14.6 Å². The molecule has 2 heterocycles. The van der Waals surface area contributed by atoms with E-state index in [2.05, 4.69) is 9.72 Å². The lowest BCUT2D eigenvalue weighted by Crippen LogP contribution is -2.34. The quantitative estimate of drug-likeness (QED) is 0.510. The molecule has 0 saturated carbocycles. The van der Waals surface area contributed by atoms with Gasteiger partial charge in [-0.05, 0) is 37.6 Å². The lowest BCUT2D eigenvalue weighted by atomic mass is 10.0. The van der Waals surface area contributed by atoms with Crippen LogP contribution in [0.2, 0.25) is 0 Å². The fourth-order valence-corrected chi connectivity index (χ4v) is 4.03. The van der Waals surface area contributed by atoms with Gasteiger partial charge in [-0.2, -0.15) is 0 Å². The van der Waals surface area contributed by atoms with Crippen LogP contribution in [0.25, 0.3) is 21.9 Å². The summed E-state index contributed by atoms with van der Waals surface area (Å²) in [5.41, 5.74) is 4.27. The van der Waals surface area contributed by atoms with Gasteiger partial charge >= 0.3 is 11.7 Å². The van der Waals surface area contributed by atoms with E-state index in [1.807, 2.05) is 62.5 Å². The molecule has 2 atom stereocenters. The zero-order chi connectivity index (χ0) is 20.7. The molecule has 7 heteroatoms. The van der Waals surface area contributed by atoms with Gasteiger partial charge in [-0.1, -0.05) is 24.3 Å². The summed E-state index contributed by atoms with van der Waals surface area (Å²) in [6.07, 6.45) is 0.520. The number of carbonyl (C=O) groups is 1. The number of fused-ring (bicyclic) bond motifs is 2. The number of methoxy groups -OCH3 is 1. The van der Waals surface area contributed by atoms with Crippen molar-refractivity contribution in [2.75, 3.05) is 7.11 Å². The Balaban J connectivity index is 1.89. The van der Waals surface area contributed by atoms with Gasteiger partial charge in [0, 0.05) is 22.7 Å². The van der Waals surface area contributed by atoms with Crippen LogP contribution in [0.3, 0.4) is 0 Å². The van der Waals surface area contributed by atoms with Crippen molar-refractivity contribution in [1.82, 2.24) is 14.1 Å². The van der Waals surface area contributed by atoms with Crippen LogP contribution >= 0.6 is 0 Å². The molecule has 150 valence electrons. The molecule has 0 fully saturated rings. The molecule has 2 unspecified atom stereocenters. The number of rotatable bonds is 5. The summed E-state index contributed by atoms with van der Waals surface area (Å²) in [6, 6.07) is 13.2. The zero-order valence-corrected chi connectivity index (χ0v) is 16.5. The fraction of sp³-hybridized carbons (Fsp3) is 0.273. The maximum absolute atomic E-state index is 13.3. The van der Waals surface area contributed by atoms with Crippen LogP contribution in [0.1, 0.15) is 24.1 Å². The lowest BCUT2D eigenvalue weighted by Gasteiger charge is -2.14. The Bertz CT molecular complexity index is 1260. The summed E-state index contributed by atoms with van der Waals surface area (Å²) in [7, 11) is 1.21. The number of nitrogens with one attached hydrogen (secondary N) is 1. The topological polar surface area (TPSA) is 89.2 Å². The molecular formula is C22H23N3O4. The predicted molar refractivity (Wildman–Crippen MR) is 111 cm³/mol. The number of esters is 1. The second-order valence-corrected chi connectivity index (χ2v) is 7.21. The highest BCUT2D eigenvalue weighted by Gasteiger charge is 2.24. The lowest BCUT2D eigenvalue weighted by molar-refractivity contribution is -0.151. The molecule has 29 heavy (non-hydrogen) atoms. The van der Waals surface area contributed by atoms with Crippen molar-refractivity contribution >= 4 is 27.9 Å². The highest BCUT2D eigenvalue weighted by molar-refractivity contribution is 5.87. The number of ether oxygens (including phenoxy) is 1. The average Bonchev–Trinajstić information content (AvgIpc) is 3.27. The van der Waals surface area contributed by atoms with E-state index in [9.17, 15) is 14.7 Å². The summed E-state index contributed by atoms with van der Waals surface area (Å²) >= 11 is 0. The van der Waals surface area contributed by atoms with E-state index in [1.54, 1.807) is 4.57 Å². The smallest absolute Gasteiger partial charge is 0.336 e. The fourth-order valence-electron chi connectivity index (χ4n) is 4.03. The molecule has 2 aromatic carbocycles. The molecule has 7 nitrogen and oxygen atoms in total. The molecule has 0 bridgehead atoms. The largest absolute Gasteiger partial charge is 0.467 e. The van der Waals surface area contributed by atoms with Crippen molar-refractivity contribution in [3.63, 3.8) is 0 Å². The van der Waals surface area contributed by atoms with Crippen molar-refractivity contribution in [3.05, 3.63) is 70.3 Å². The number of nitrogens with zero attached hydrogens (tertiary/aromatic N) is 2. The Hall–Kier alpha value is -3.32. The number of benzene rings is 2. The molecule has 0 aliphatic carbocycles. The third-order valence-corrected chi connectivity index (χ3v) is 5.48. The van der Waals surface area contributed by atoms with E-state index in [1.165, 1.54) is 11.7 Å². The van der Waals surface area contributed by atoms with Gasteiger partial charge in [0.25, 0.3) is 0 Å². The van der Waals surface area contributed by atoms with Crippen LogP contribution in [0.5, 0.6) is 0 Å². The molecular weight excluding hydrogens is 370 g/mol. The van der Waals surface area contributed by atoms with E-state index < -0.39 is 12.1 Å². The molecule has 0 aliphatic heterocycles. The maximum atomic E-state index is 13.3. The van der Waals surface area contributed by atoms with E-state index in [4.69, 9.17) is 0 Å². The van der Waals surface area contributed by atoms with Gasteiger partial charge in [0.15, 0.2) is 6.10 Å². The van der Waals surface area contributed by atoms with Gasteiger partial charge in [-0.3, -0.25) is 9.13 Å². The van der Waals surface area contributed by atoms with Crippen LogP contribution in [0, 0.1) is 6.92 Å². The molecule has 0 saturated heterocycles. The first-order chi connectivity index (χ1) is 13.9. The van der Waals surface area contributed by atoms with Crippen molar-refractivity contribution in [1.29, 1.82) is 0 Å². The van der Waals surface area contributed by atoms with Gasteiger partial charge in [0.05, 0.1) is 30.7 Å². The van der Waals surface area contributed by atoms with E-state index in [0.717, 1.165) is 27.5 Å². The van der Waals surface area contributed by atoms with Crippen LogP contribution in [0.4, 0.5) is 0 Å². The predicted octanol–water partition coefficient (Wildman–Crippen LogP) is 2.74. The van der Waals surface area contributed by atoms with Gasteiger partial charge in [0.1, 0.15) is 0 Å². The van der Waals surface area contributed by atoms with Crippen molar-refractivity contribution in [2.24, 2.45) is 0 Å². The standard InChI is InChI=1S/C22H23N3O4/c1-13-7-6-8-16-20(13)15(11-23-16)14(2)25-18-10-5-4-9-17(18)24(22(25)28)12-19(26)21(27)29-3/h4-11,14,19,23,26H,12H2,1-3H3. The van der Waals surface area contributed by atoms with E-state index in [-0.39, 0.29) is 18.3 Å². The Kier molecular flexibility index (Phi) is 4.76. The first-order valence-corrected chi connectivity index (χ1v) is 9.46. The highest BCUT2D eigenvalue weighted by atomic mass is 16.5. The first kappa shape index (κ1) is 19.0. The minimum atomic E-state index is -1.41. The number of hydrogen-bond acceptors (Lipinski definition) is 4. The third-order valence-electron chi connectivity index (χ3n) is 5.48. The number of aromatic nitrogens is 3. The first-order valence-electron chi connectivity index (χ1n) is 9.46. The molecule has 0 amide bonds. The number of H-pyrrole nitrogens is 1. The summed E-state index contributed by atoms with van der Waals surface area (Å²) in [6.45, 7) is 3.85. The second kappa shape index (κ2) is 7.25. The molecule has 4 aromatic rings. The van der Waals surface area contributed by atoms with Crippen LogP contribution < -0.4 is 5.69 Å². The van der Waals surface area contributed by atoms with Gasteiger partial charge in [-0.15, -0.1) is 0 Å². The van der Waals surface area contributed by atoms with E-state index >= 15 is 0 Å². The number of aliphatic hydroxyl groups is 1. The van der Waals surface area contributed by atoms with Gasteiger partial charge in [0.2, 0.25) is 0 Å². The Morgan fingerprint density at radius 1 is 1.17 bits per heavy atom. The number of imidazole rings is 1. The molecule has 4 rings (SSSR count). The SMILES string of the molecule is COC(=O)C(O)Cn1c(=O)n(C(C)c2c[nH]c3cccc(C)c23)c2ccccc21. The summed E-state index contributed by atoms with van der Waals surface area (Å²) < 4.78 is 7.72. The average molecular weight is 393 g/mol. The van der Waals surface area contributed by atoms with E-state index in [0.29, 0.717) is 5.52 Å². The number of aliphatic hydroxyl groups excluding tert-OH is 1. The highest BCUT2D eigenvalue weighted by Crippen LogP contribution is 2.30. The number of aromatic amines is 1. The molecule has 0 spiro atoms. The van der Waals surface area contributed by atoms with Crippen LogP contribution in [0.15, 0.2) is 53.5 Å². The molecule has 0 aliphatic rings. The normalized spacial score (nSPS) is 13.7. The Morgan fingerprint density at radius 2 is 1.90 bits per heavy atom. The Morgan fingerprint density at radius 3 is 2.62 bits per heavy atom. The minimum Gasteiger partial charge on any atom is -0.467 e. The Labute approximate surface area is 167 Å². The summed E-state index contributed by atoms with van der Waals surface area (Å²) in [4.78, 5) is 28.3. The number of hydrogen-bond donors (Lipinski definition) is 2. The minimum absolute atomic E-state index is 0.168. The molecule has 2 aromatic heterocycles. The number of carbonyl (C=O) groups excluding carboxylic acids is 1. The third kappa shape index (κ3) is 3.03. The monoisotopic (exact) mass is 393 g/mol. The molecule has 0 radical (unpaired) electrons. The second-order valence-electron chi connectivity index (χ2n) is 7.21. The van der Waals surface area contributed by atoms with Crippen LogP contribution in [-0.2, 0) is 16.1 Å². The van der Waals surface area contributed by atoms with Gasteiger partial charge < -0.3 is 14.8 Å². The number of aryl methyl sites for hydroxylation is 1. The van der Waals surface area contributed by atoms with Gasteiger partial charge in [-0.25, -0.2) is 9.59 Å². The maximum Gasteiger partial charge on any atom is 0.336 e. The number of para-hydroxylation sites is 2. The summed E-state index contributed by atoms with van der Waals surface area (Å²) in [5, 5.41) is 11.2. The van der Waals surface area contributed by atoms with Crippen LogP contribution in [-0.4, -0.2) is 38.4 Å². The van der Waals surface area contributed by atoms with Crippen molar-refractivity contribution in [2.45, 2.75) is 32.5 Å². The zero-order valence-electron chi connectivity index (χ0n) is 16.5.